The van der Waals surface area contributed by atoms with Crippen LogP contribution in [-0.4, -0.2) is 30.5 Å². The number of halogens is 2. The molecule has 4 rings (SSSR count). The number of aromatic nitrogens is 1. The molecule has 0 bridgehead atoms. The Labute approximate surface area is 162 Å². The summed E-state index contributed by atoms with van der Waals surface area (Å²) in [7, 11) is 0. The van der Waals surface area contributed by atoms with E-state index in [-0.39, 0.29) is 19.1 Å². The summed E-state index contributed by atoms with van der Waals surface area (Å²) in [6, 6.07) is 8.35. The summed E-state index contributed by atoms with van der Waals surface area (Å²) in [6.45, 7) is 3.09. The first kappa shape index (κ1) is 18.4. The van der Waals surface area contributed by atoms with Gasteiger partial charge in [0.15, 0.2) is 11.5 Å². The third-order valence-electron chi connectivity index (χ3n) is 4.06. The number of benzene rings is 2. The number of ether oxygens (including phenoxy) is 4. The van der Waals surface area contributed by atoms with Crippen LogP contribution < -0.4 is 14.2 Å². The summed E-state index contributed by atoms with van der Waals surface area (Å²) in [4.78, 5) is 15.9. The van der Waals surface area contributed by atoms with E-state index in [9.17, 15) is 13.6 Å². The quantitative estimate of drug-likeness (QED) is 0.579. The smallest absolute Gasteiger partial charge is 0.459 e. The van der Waals surface area contributed by atoms with E-state index in [4.69, 9.17) is 9.47 Å². The number of rotatable bonds is 5. The molecule has 0 spiro atoms. The SMILES string of the molecule is CCOC(=O)C(F)(F)Oc1ccc(-c2nc3cc4c(cc3s2)OCO4)cc1C. The molecule has 0 aliphatic carbocycles. The van der Waals surface area contributed by atoms with Gasteiger partial charge in [0.25, 0.3) is 0 Å². The summed E-state index contributed by atoms with van der Waals surface area (Å²) in [5.41, 5.74) is 1.94. The van der Waals surface area contributed by atoms with E-state index in [0.717, 1.165) is 15.8 Å². The first-order valence-corrected chi connectivity index (χ1v) is 9.24. The van der Waals surface area contributed by atoms with Gasteiger partial charge in [-0.05, 0) is 37.6 Å². The predicted molar refractivity (Wildman–Crippen MR) is 98.1 cm³/mol. The zero-order chi connectivity index (χ0) is 19.9. The topological polar surface area (TPSA) is 66.9 Å². The molecule has 146 valence electrons. The minimum atomic E-state index is -4.06. The molecule has 3 aromatic rings. The molecule has 0 amide bonds. The van der Waals surface area contributed by atoms with Crippen LogP contribution in [0.5, 0.6) is 17.2 Å². The van der Waals surface area contributed by atoms with Crippen molar-refractivity contribution in [3.05, 3.63) is 35.9 Å². The number of nitrogens with zero attached hydrogens (tertiary/aromatic N) is 1. The second kappa shape index (κ2) is 6.90. The summed E-state index contributed by atoms with van der Waals surface area (Å²) < 4.78 is 48.2. The number of fused-ring (bicyclic) bond motifs is 2. The average Bonchev–Trinajstić information content (AvgIpc) is 3.27. The van der Waals surface area contributed by atoms with Crippen molar-refractivity contribution in [2.45, 2.75) is 20.0 Å². The Morgan fingerprint density at radius 2 is 2.00 bits per heavy atom. The maximum absolute atomic E-state index is 13.8. The Morgan fingerprint density at radius 1 is 1.25 bits per heavy atom. The molecule has 28 heavy (non-hydrogen) atoms. The standard InChI is InChI=1S/C19H15F2NO5S/c1-3-24-18(23)19(20,21)27-13-5-4-11(6-10(13)2)17-22-12-7-14-15(26-9-25-14)8-16(12)28-17/h4-8H,3,9H2,1-2H3. The molecule has 0 fully saturated rings. The number of alkyl halides is 2. The maximum Gasteiger partial charge on any atom is 0.502 e. The number of carbonyl (C=O) groups excluding carboxylic acids is 1. The van der Waals surface area contributed by atoms with E-state index in [2.05, 4.69) is 14.5 Å². The average molecular weight is 407 g/mol. The van der Waals surface area contributed by atoms with Crippen LogP contribution in [0.3, 0.4) is 0 Å². The molecule has 0 saturated heterocycles. The van der Waals surface area contributed by atoms with Crippen LogP contribution >= 0.6 is 11.3 Å². The highest BCUT2D eigenvalue weighted by atomic mass is 32.1. The number of hydrogen-bond acceptors (Lipinski definition) is 7. The zero-order valence-corrected chi connectivity index (χ0v) is 15.8. The van der Waals surface area contributed by atoms with Crippen LogP contribution in [0.15, 0.2) is 30.3 Å². The summed E-state index contributed by atoms with van der Waals surface area (Å²) in [6.07, 6.45) is -4.06. The molecule has 9 heteroatoms. The van der Waals surface area contributed by atoms with Crippen LogP contribution in [-0.2, 0) is 9.53 Å². The molecule has 0 unspecified atom stereocenters. The van der Waals surface area contributed by atoms with Crippen molar-refractivity contribution in [1.82, 2.24) is 4.98 Å². The summed E-state index contributed by atoms with van der Waals surface area (Å²) >= 11 is 1.45. The Balaban J connectivity index is 1.61. The summed E-state index contributed by atoms with van der Waals surface area (Å²) in [5.74, 6) is -0.514. The van der Waals surface area contributed by atoms with Gasteiger partial charge in [0, 0.05) is 17.7 Å². The second-order valence-electron chi connectivity index (χ2n) is 6.01. The molecule has 6 nitrogen and oxygen atoms in total. The number of esters is 1. The zero-order valence-electron chi connectivity index (χ0n) is 15.0. The van der Waals surface area contributed by atoms with Crippen LogP contribution in [0.2, 0.25) is 0 Å². The maximum atomic E-state index is 13.8. The van der Waals surface area contributed by atoms with E-state index < -0.39 is 12.1 Å². The van der Waals surface area contributed by atoms with Crippen LogP contribution in [0.1, 0.15) is 12.5 Å². The number of aryl methyl sites for hydroxylation is 1. The van der Waals surface area contributed by atoms with E-state index >= 15 is 0 Å². The lowest BCUT2D eigenvalue weighted by Gasteiger charge is -2.17. The van der Waals surface area contributed by atoms with Crippen molar-refractivity contribution < 1.29 is 32.5 Å². The molecule has 1 aliphatic rings. The van der Waals surface area contributed by atoms with E-state index in [1.165, 1.54) is 24.3 Å². The Bertz CT molecular complexity index is 1020. The van der Waals surface area contributed by atoms with E-state index in [0.29, 0.717) is 22.1 Å². The molecule has 0 saturated carbocycles. The lowest BCUT2D eigenvalue weighted by atomic mass is 10.1. The highest BCUT2D eigenvalue weighted by molar-refractivity contribution is 7.21. The van der Waals surface area contributed by atoms with Gasteiger partial charge in [-0.1, -0.05) is 0 Å². The van der Waals surface area contributed by atoms with Crippen molar-refractivity contribution in [3.63, 3.8) is 0 Å². The monoisotopic (exact) mass is 407 g/mol. The first-order chi connectivity index (χ1) is 13.4. The van der Waals surface area contributed by atoms with Crippen LogP contribution in [0.4, 0.5) is 8.78 Å². The second-order valence-corrected chi connectivity index (χ2v) is 7.04. The minimum absolute atomic E-state index is 0.108. The van der Waals surface area contributed by atoms with E-state index in [1.807, 2.05) is 12.1 Å². The van der Waals surface area contributed by atoms with Gasteiger partial charge in [-0.3, -0.25) is 0 Å². The van der Waals surface area contributed by atoms with Gasteiger partial charge in [-0.2, -0.15) is 8.78 Å². The Kier molecular flexibility index (Phi) is 4.54. The fourth-order valence-electron chi connectivity index (χ4n) is 2.73. The van der Waals surface area contributed by atoms with Crippen LogP contribution in [0.25, 0.3) is 20.8 Å². The highest BCUT2D eigenvalue weighted by Crippen LogP contribution is 2.40. The molecular formula is C19H15F2NO5S. The Morgan fingerprint density at radius 3 is 2.71 bits per heavy atom. The van der Waals surface area contributed by atoms with Gasteiger partial charge < -0.3 is 18.9 Å². The minimum Gasteiger partial charge on any atom is -0.459 e. The largest absolute Gasteiger partial charge is 0.502 e. The molecule has 2 heterocycles. The number of hydrogen-bond donors (Lipinski definition) is 0. The van der Waals surface area contributed by atoms with Gasteiger partial charge in [0.1, 0.15) is 10.8 Å². The first-order valence-electron chi connectivity index (χ1n) is 8.42. The lowest BCUT2D eigenvalue weighted by molar-refractivity contribution is -0.216. The fourth-order valence-corrected chi connectivity index (χ4v) is 3.71. The molecule has 2 aromatic carbocycles. The third kappa shape index (κ3) is 3.33. The fraction of sp³-hybridized carbons (Fsp3) is 0.263. The normalized spacial score (nSPS) is 13.0. The Hall–Kier alpha value is -2.94. The van der Waals surface area contributed by atoms with Gasteiger partial charge in [0.05, 0.1) is 16.8 Å². The van der Waals surface area contributed by atoms with Crippen molar-refractivity contribution in [2.24, 2.45) is 0 Å². The number of carbonyl (C=O) groups is 1. The molecular weight excluding hydrogens is 392 g/mol. The van der Waals surface area contributed by atoms with Gasteiger partial charge in [0.2, 0.25) is 6.79 Å². The molecule has 0 N–H and O–H groups in total. The predicted octanol–water partition coefficient (Wildman–Crippen LogP) is 4.54. The lowest BCUT2D eigenvalue weighted by Crippen LogP contribution is -2.37. The van der Waals surface area contributed by atoms with Crippen molar-refractivity contribution in [3.8, 4) is 27.8 Å². The molecule has 1 aromatic heterocycles. The summed E-state index contributed by atoms with van der Waals surface area (Å²) in [5, 5.41) is 0.713. The van der Waals surface area contributed by atoms with Gasteiger partial charge in [-0.15, -0.1) is 11.3 Å². The van der Waals surface area contributed by atoms with Gasteiger partial charge >= 0.3 is 12.1 Å². The van der Waals surface area contributed by atoms with Crippen LogP contribution in [0, 0.1) is 6.92 Å². The highest BCUT2D eigenvalue weighted by Gasteiger charge is 2.44. The van der Waals surface area contributed by atoms with E-state index in [1.54, 1.807) is 19.1 Å². The molecule has 1 aliphatic heterocycles. The van der Waals surface area contributed by atoms with Crippen molar-refractivity contribution in [1.29, 1.82) is 0 Å². The van der Waals surface area contributed by atoms with Crippen molar-refractivity contribution >= 4 is 27.5 Å². The number of thiazole rings is 1. The molecule has 0 atom stereocenters. The van der Waals surface area contributed by atoms with Gasteiger partial charge in [-0.25, -0.2) is 9.78 Å². The van der Waals surface area contributed by atoms with Crippen molar-refractivity contribution in [2.75, 3.05) is 13.4 Å². The third-order valence-corrected chi connectivity index (χ3v) is 5.12. The molecule has 0 radical (unpaired) electrons.